The van der Waals surface area contributed by atoms with Gasteiger partial charge in [-0.25, -0.2) is 4.52 Å². The summed E-state index contributed by atoms with van der Waals surface area (Å²) < 4.78 is 41.3. The zero-order valence-corrected chi connectivity index (χ0v) is 22.5. The molecular weight excluding hydrogens is 525 g/mol. The molecule has 3 fully saturated rings. The van der Waals surface area contributed by atoms with E-state index in [-0.39, 0.29) is 25.0 Å². The Balaban J connectivity index is 1.09. The van der Waals surface area contributed by atoms with Crippen molar-refractivity contribution in [2.24, 2.45) is 11.8 Å². The van der Waals surface area contributed by atoms with Crippen LogP contribution in [0, 0.1) is 11.8 Å². The zero-order chi connectivity index (χ0) is 27.9. The fourth-order valence-electron chi connectivity index (χ4n) is 6.26. The Morgan fingerprint density at radius 3 is 2.60 bits per heavy atom. The molecule has 2 unspecified atom stereocenters. The maximum Gasteiger partial charge on any atom is 0.390 e. The Bertz CT molecular complexity index is 1320. The summed E-state index contributed by atoms with van der Waals surface area (Å²) >= 11 is 0. The third-order valence-electron chi connectivity index (χ3n) is 8.35. The van der Waals surface area contributed by atoms with Gasteiger partial charge in [-0.2, -0.15) is 23.3 Å². The Labute approximate surface area is 230 Å². The molecule has 1 aliphatic carbocycles. The first kappa shape index (κ1) is 26.8. The third-order valence-corrected chi connectivity index (χ3v) is 8.35. The number of piperazine rings is 1. The van der Waals surface area contributed by atoms with Crippen molar-refractivity contribution in [1.82, 2.24) is 39.5 Å². The molecular formula is C26H35F3N10O. The number of piperidine rings is 1. The van der Waals surface area contributed by atoms with Crippen LogP contribution < -0.4 is 15.5 Å². The van der Waals surface area contributed by atoms with Crippen LogP contribution in [-0.4, -0.2) is 105 Å². The number of alkyl halides is 3. The lowest BCUT2D eigenvalue weighted by Gasteiger charge is -2.39. The molecule has 3 aromatic rings. The van der Waals surface area contributed by atoms with Crippen molar-refractivity contribution in [2.75, 3.05) is 63.1 Å². The number of carbonyl (C=O) groups excluding carboxylic acids is 1. The summed E-state index contributed by atoms with van der Waals surface area (Å²) in [6.07, 6.45) is 2.35. The van der Waals surface area contributed by atoms with Crippen molar-refractivity contribution < 1.29 is 18.0 Å². The van der Waals surface area contributed by atoms with Crippen molar-refractivity contribution in [2.45, 2.75) is 38.0 Å². The Kier molecular flexibility index (Phi) is 7.29. The van der Waals surface area contributed by atoms with Gasteiger partial charge in [0.25, 0.3) is 0 Å². The molecule has 5 heterocycles. The molecule has 2 atom stereocenters. The van der Waals surface area contributed by atoms with Crippen LogP contribution in [0.2, 0.25) is 0 Å². The molecule has 0 aromatic carbocycles. The molecule has 1 saturated carbocycles. The summed E-state index contributed by atoms with van der Waals surface area (Å²) in [7, 11) is 2.05. The first-order valence-corrected chi connectivity index (χ1v) is 13.9. The van der Waals surface area contributed by atoms with Crippen LogP contribution in [0.1, 0.15) is 19.3 Å². The quantitative estimate of drug-likeness (QED) is 0.433. The maximum absolute atomic E-state index is 12.7. The largest absolute Gasteiger partial charge is 0.390 e. The van der Waals surface area contributed by atoms with Crippen molar-refractivity contribution in [3.8, 4) is 0 Å². The highest BCUT2D eigenvalue weighted by molar-refractivity contribution is 5.76. The molecule has 2 saturated heterocycles. The van der Waals surface area contributed by atoms with E-state index in [2.05, 4.69) is 37.7 Å². The number of amides is 1. The molecule has 2 aliphatic heterocycles. The molecule has 11 nitrogen and oxygen atoms in total. The summed E-state index contributed by atoms with van der Waals surface area (Å²) in [5.74, 6) is 1.06. The first-order valence-electron chi connectivity index (χ1n) is 13.9. The SMILES string of the molecule is CN1CCN(C(=O)Cn2cc(Nc3nc4c(N5CC6CCC(C5)C6NCCC(F)(F)F)cccn4n3)cn2)CC1. The third kappa shape index (κ3) is 5.87. The molecule has 40 heavy (non-hydrogen) atoms. The molecule has 1 amide bonds. The Morgan fingerprint density at radius 1 is 1.12 bits per heavy atom. The number of hydrogen-bond donors (Lipinski definition) is 2. The van der Waals surface area contributed by atoms with Crippen LogP contribution >= 0.6 is 0 Å². The van der Waals surface area contributed by atoms with Crippen molar-refractivity contribution >= 4 is 28.9 Å². The van der Waals surface area contributed by atoms with Crippen LogP contribution in [0.5, 0.6) is 0 Å². The molecule has 2 bridgehead atoms. The van der Waals surface area contributed by atoms with E-state index in [4.69, 9.17) is 4.98 Å². The Morgan fingerprint density at radius 2 is 1.88 bits per heavy atom. The van der Waals surface area contributed by atoms with Crippen LogP contribution in [0.25, 0.3) is 5.65 Å². The fourth-order valence-corrected chi connectivity index (χ4v) is 6.26. The van der Waals surface area contributed by atoms with Crippen molar-refractivity contribution in [3.05, 3.63) is 30.7 Å². The number of likely N-dealkylation sites (N-methyl/N-ethyl adjacent to an activating group) is 1. The zero-order valence-electron chi connectivity index (χ0n) is 22.5. The molecule has 0 radical (unpaired) electrons. The summed E-state index contributed by atoms with van der Waals surface area (Å²) in [4.78, 5) is 23.8. The lowest BCUT2D eigenvalue weighted by molar-refractivity contribution is -0.134. The van der Waals surface area contributed by atoms with Crippen LogP contribution in [-0.2, 0) is 11.3 Å². The monoisotopic (exact) mass is 560 g/mol. The number of pyridine rings is 1. The van der Waals surface area contributed by atoms with Gasteiger partial charge in [-0.05, 0) is 43.9 Å². The van der Waals surface area contributed by atoms with Crippen molar-refractivity contribution in [1.29, 1.82) is 0 Å². The van der Waals surface area contributed by atoms with Gasteiger partial charge in [-0.3, -0.25) is 9.48 Å². The smallest absolute Gasteiger partial charge is 0.368 e. The van der Waals surface area contributed by atoms with Gasteiger partial charge < -0.3 is 25.3 Å². The number of nitrogens with one attached hydrogen (secondary N) is 2. The van der Waals surface area contributed by atoms with E-state index < -0.39 is 12.6 Å². The maximum atomic E-state index is 12.7. The van der Waals surface area contributed by atoms with E-state index in [1.54, 1.807) is 21.6 Å². The molecule has 0 spiro atoms. The van der Waals surface area contributed by atoms with Crippen LogP contribution in [0.15, 0.2) is 30.7 Å². The molecule has 2 N–H and O–H groups in total. The molecule has 14 heteroatoms. The molecule has 6 rings (SSSR count). The second kappa shape index (κ2) is 10.9. The highest BCUT2D eigenvalue weighted by Gasteiger charge is 2.42. The second-order valence-corrected chi connectivity index (χ2v) is 11.2. The molecule has 3 aliphatic rings. The van der Waals surface area contributed by atoms with Gasteiger partial charge in [-0.15, -0.1) is 5.10 Å². The lowest BCUT2D eigenvalue weighted by atomic mass is 9.91. The van der Waals surface area contributed by atoms with Gasteiger partial charge in [0, 0.05) is 64.2 Å². The number of carbonyl (C=O) groups is 1. The standard InChI is InChI=1S/C26H35F3N10O/c1-35-9-11-36(12-10-35)22(40)17-38-16-20(13-31-38)32-25-33-24-21(3-2-8-39(24)34-25)37-14-18-4-5-19(15-37)23(18)30-7-6-26(27,28)29/h2-3,8,13,16,18-19,23,30H,4-7,9-12,14-15,17H2,1H3,(H,32,34). The predicted molar refractivity (Wildman–Crippen MR) is 143 cm³/mol. The van der Waals surface area contributed by atoms with E-state index in [9.17, 15) is 18.0 Å². The Hall–Kier alpha value is -3.39. The first-order chi connectivity index (χ1) is 19.2. The minimum atomic E-state index is -4.14. The summed E-state index contributed by atoms with van der Waals surface area (Å²) in [6.45, 7) is 4.88. The number of hydrogen-bond acceptors (Lipinski definition) is 8. The number of anilines is 3. The highest BCUT2D eigenvalue weighted by Crippen LogP contribution is 2.39. The van der Waals surface area contributed by atoms with Gasteiger partial charge in [0.05, 0.1) is 24.0 Å². The van der Waals surface area contributed by atoms with Gasteiger partial charge in [-0.1, -0.05) is 0 Å². The number of nitrogens with zero attached hydrogens (tertiary/aromatic N) is 8. The molecule has 3 aromatic heterocycles. The number of aromatic nitrogens is 5. The predicted octanol–water partition coefficient (Wildman–Crippen LogP) is 2.20. The van der Waals surface area contributed by atoms with E-state index in [1.807, 2.05) is 23.2 Å². The van der Waals surface area contributed by atoms with Crippen molar-refractivity contribution in [3.63, 3.8) is 0 Å². The normalized spacial score (nSPS) is 23.8. The second-order valence-electron chi connectivity index (χ2n) is 11.2. The average Bonchev–Trinajstić information content (AvgIpc) is 3.58. The summed E-state index contributed by atoms with van der Waals surface area (Å²) in [6, 6.07) is 4.07. The van der Waals surface area contributed by atoms with Gasteiger partial charge in [0.1, 0.15) is 6.54 Å². The van der Waals surface area contributed by atoms with Gasteiger partial charge >= 0.3 is 6.18 Å². The van der Waals surface area contributed by atoms with E-state index in [1.165, 1.54) is 0 Å². The summed E-state index contributed by atoms with van der Waals surface area (Å²) in [5.41, 5.74) is 2.36. The fraction of sp³-hybridized carbons (Fsp3) is 0.615. The van der Waals surface area contributed by atoms with Gasteiger partial charge in [0.15, 0.2) is 5.65 Å². The minimum absolute atomic E-state index is 0.0312. The minimum Gasteiger partial charge on any atom is -0.368 e. The van der Waals surface area contributed by atoms with E-state index >= 15 is 0 Å². The number of halogens is 3. The number of fused-ring (bicyclic) bond motifs is 3. The van der Waals surface area contributed by atoms with Crippen LogP contribution in [0.3, 0.4) is 0 Å². The van der Waals surface area contributed by atoms with Crippen LogP contribution in [0.4, 0.5) is 30.5 Å². The average molecular weight is 561 g/mol. The van der Waals surface area contributed by atoms with E-state index in [0.717, 1.165) is 57.8 Å². The summed E-state index contributed by atoms with van der Waals surface area (Å²) in [5, 5.41) is 15.3. The van der Waals surface area contributed by atoms with Gasteiger partial charge in [0.2, 0.25) is 11.9 Å². The molecule has 216 valence electrons. The lowest BCUT2D eigenvalue weighted by Crippen LogP contribution is -2.51. The highest BCUT2D eigenvalue weighted by atomic mass is 19.4. The topological polar surface area (TPSA) is 98.9 Å². The number of rotatable bonds is 8. The van der Waals surface area contributed by atoms with E-state index in [0.29, 0.717) is 29.1 Å².